The van der Waals surface area contributed by atoms with Crippen LogP contribution in [-0.2, 0) is 0 Å². The van der Waals surface area contributed by atoms with Crippen LogP contribution in [0.4, 0.5) is 5.69 Å². The quantitative estimate of drug-likeness (QED) is 0.716. The van der Waals surface area contributed by atoms with E-state index >= 15 is 0 Å². The lowest BCUT2D eigenvalue weighted by atomic mass is 10.2. The van der Waals surface area contributed by atoms with Gasteiger partial charge in [0.2, 0.25) is 5.82 Å². The molecule has 0 radical (unpaired) electrons. The third kappa shape index (κ3) is 3.23. The van der Waals surface area contributed by atoms with E-state index < -0.39 is 0 Å². The van der Waals surface area contributed by atoms with Gasteiger partial charge in [-0.3, -0.25) is 10.2 Å². The van der Waals surface area contributed by atoms with Gasteiger partial charge in [-0.15, -0.1) is 10.2 Å². The van der Waals surface area contributed by atoms with Crippen molar-refractivity contribution in [2.45, 2.75) is 6.92 Å². The van der Waals surface area contributed by atoms with Crippen molar-refractivity contribution in [2.75, 3.05) is 12.5 Å². The van der Waals surface area contributed by atoms with E-state index in [-0.39, 0.29) is 11.6 Å². The second-order valence-corrected chi connectivity index (χ2v) is 5.52. The van der Waals surface area contributed by atoms with Gasteiger partial charge in [0.05, 0.1) is 12.8 Å². The molecule has 6 nitrogen and oxygen atoms in total. The number of hydrogen-bond acceptors (Lipinski definition) is 5. The minimum atomic E-state index is -0.191. The summed E-state index contributed by atoms with van der Waals surface area (Å²) >= 11 is 5.91. The third-order valence-corrected chi connectivity index (χ3v) is 3.66. The fourth-order valence-electron chi connectivity index (χ4n) is 2.20. The van der Waals surface area contributed by atoms with Gasteiger partial charge in [-0.25, -0.2) is 4.68 Å². The molecule has 1 heterocycles. The fraction of sp³-hybridized carbons (Fsp3) is 0.118. The number of halogens is 1. The van der Waals surface area contributed by atoms with E-state index in [1.165, 1.54) is 6.92 Å². The summed E-state index contributed by atoms with van der Waals surface area (Å²) in [6, 6.07) is 14.5. The summed E-state index contributed by atoms with van der Waals surface area (Å²) in [4.78, 5) is 11.9. The summed E-state index contributed by atoms with van der Waals surface area (Å²) in [6.07, 6.45) is 0. The number of nitrogens with one attached hydrogen (secondary N) is 1. The molecule has 0 amide bonds. The van der Waals surface area contributed by atoms with E-state index in [9.17, 15) is 4.79 Å². The van der Waals surface area contributed by atoms with Crippen LogP contribution in [0, 0.1) is 0 Å². The summed E-state index contributed by atoms with van der Waals surface area (Å²) in [6.45, 7) is 1.45. The Morgan fingerprint density at radius 1 is 1.08 bits per heavy atom. The van der Waals surface area contributed by atoms with E-state index in [1.807, 2.05) is 36.4 Å². The summed E-state index contributed by atoms with van der Waals surface area (Å²) in [5.74, 6) is 1.29. The van der Waals surface area contributed by atoms with Crippen molar-refractivity contribution in [1.29, 1.82) is 0 Å². The lowest BCUT2D eigenvalue weighted by molar-refractivity contribution is 0.100. The second kappa shape index (κ2) is 6.72. The van der Waals surface area contributed by atoms with Gasteiger partial charge in [0.25, 0.3) is 0 Å². The predicted octanol–water partition coefficient (Wildman–Crippen LogP) is 3.68. The molecule has 0 spiro atoms. The standard InChI is InChI=1S/C17H15ClN4O2/c1-11(23)16-19-20-17(12-3-9-15(24-2)10-4-12)22(16)21-14-7-5-13(18)6-8-14/h3-10,21H,1-2H3. The smallest absolute Gasteiger partial charge is 0.219 e. The molecule has 3 rings (SSSR count). The number of Topliss-reactive ketones (excluding diaryl/α,β-unsaturated/α-hetero) is 1. The topological polar surface area (TPSA) is 69.0 Å². The zero-order valence-electron chi connectivity index (χ0n) is 13.2. The molecule has 0 bridgehead atoms. The highest BCUT2D eigenvalue weighted by molar-refractivity contribution is 6.30. The van der Waals surface area contributed by atoms with Crippen LogP contribution < -0.4 is 10.2 Å². The van der Waals surface area contributed by atoms with Gasteiger partial charge < -0.3 is 4.74 Å². The monoisotopic (exact) mass is 342 g/mol. The predicted molar refractivity (Wildman–Crippen MR) is 92.5 cm³/mol. The summed E-state index contributed by atoms with van der Waals surface area (Å²) in [5.41, 5.74) is 4.70. The molecular formula is C17H15ClN4O2. The molecule has 3 aromatic rings. The number of hydrogen-bond donors (Lipinski definition) is 1. The number of nitrogens with zero attached hydrogens (tertiary/aromatic N) is 3. The Balaban J connectivity index is 2.03. The van der Waals surface area contributed by atoms with Crippen molar-refractivity contribution in [3.63, 3.8) is 0 Å². The first-order chi connectivity index (χ1) is 11.6. The Kier molecular flexibility index (Phi) is 4.48. The molecule has 0 saturated carbocycles. The molecule has 24 heavy (non-hydrogen) atoms. The van der Waals surface area contributed by atoms with Gasteiger partial charge >= 0.3 is 0 Å². The summed E-state index contributed by atoms with van der Waals surface area (Å²) in [5, 5.41) is 8.76. The molecule has 0 saturated heterocycles. The Morgan fingerprint density at radius 3 is 2.33 bits per heavy atom. The average molecular weight is 343 g/mol. The highest BCUT2D eigenvalue weighted by atomic mass is 35.5. The van der Waals surface area contributed by atoms with Crippen LogP contribution >= 0.6 is 11.6 Å². The number of methoxy groups -OCH3 is 1. The first kappa shape index (κ1) is 16.0. The highest BCUT2D eigenvalue weighted by Crippen LogP contribution is 2.23. The molecule has 0 fully saturated rings. The number of benzene rings is 2. The van der Waals surface area contributed by atoms with E-state index in [0.29, 0.717) is 10.8 Å². The Labute approximate surface area is 144 Å². The van der Waals surface area contributed by atoms with Crippen molar-refractivity contribution < 1.29 is 9.53 Å². The highest BCUT2D eigenvalue weighted by Gasteiger charge is 2.17. The number of ether oxygens (including phenoxy) is 1. The summed E-state index contributed by atoms with van der Waals surface area (Å²) < 4.78 is 6.72. The van der Waals surface area contributed by atoms with Crippen LogP contribution in [0.25, 0.3) is 11.4 Å². The van der Waals surface area contributed by atoms with Crippen molar-refractivity contribution in [1.82, 2.24) is 14.9 Å². The Bertz CT molecular complexity index is 857. The van der Waals surface area contributed by atoms with Gasteiger partial charge in [0.15, 0.2) is 11.6 Å². The Hall–Kier alpha value is -2.86. The first-order valence-electron chi connectivity index (χ1n) is 7.22. The molecule has 2 aromatic carbocycles. The van der Waals surface area contributed by atoms with Gasteiger partial charge in [-0.05, 0) is 48.5 Å². The Morgan fingerprint density at radius 2 is 1.75 bits per heavy atom. The molecule has 122 valence electrons. The minimum absolute atomic E-state index is 0.191. The molecular weight excluding hydrogens is 328 g/mol. The molecule has 7 heteroatoms. The maximum atomic E-state index is 11.9. The van der Waals surface area contributed by atoms with Crippen molar-refractivity contribution >= 4 is 23.1 Å². The molecule has 0 aliphatic rings. The SMILES string of the molecule is COc1ccc(-c2nnc(C(C)=O)n2Nc2ccc(Cl)cc2)cc1. The number of anilines is 1. The van der Waals surface area contributed by atoms with Gasteiger partial charge in [0, 0.05) is 17.5 Å². The van der Waals surface area contributed by atoms with Crippen LogP contribution in [0.3, 0.4) is 0 Å². The summed E-state index contributed by atoms with van der Waals surface area (Å²) in [7, 11) is 1.60. The van der Waals surface area contributed by atoms with Crippen molar-refractivity contribution in [2.24, 2.45) is 0 Å². The zero-order chi connectivity index (χ0) is 17.1. The maximum absolute atomic E-state index is 11.9. The largest absolute Gasteiger partial charge is 0.497 e. The van der Waals surface area contributed by atoms with E-state index in [2.05, 4.69) is 15.6 Å². The minimum Gasteiger partial charge on any atom is -0.497 e. The number of carbonyl (C=O) groups is 1. The van der Waals surface area contributed by atoms with E-state index in [1.54, 1.807) is 23.9 Å². The van der Waals surface area contributed by atoms with Gasteiger partial charge in [0.1, 0.15) is 5.75 Å². The van der Waals surface area contributed by atoms with Crippen LogP contribution in [0.15, 0.2) is 48.5 Å². The first-order valence-corrected chi connectivity index (χ1v) is 7.59. The average Bonchev–Trinajstić information content (AvgIpc) is 3.01. The second-order valence-electron chi connectivity index (χ2n) is 5.09. The lowest BCUT2D eigenvalue weighted by Crippen LogP contribution is -2.16. The van der Waals surface area contributed by atoms with Gasteiger partial charge in [-0.2, -0.15) is 0 Å². The number of ketones is 1. The number of carbonyl (C=O) groups excluding carboxylic acids is 1. The number of rotatable bonds is 5. The molecule has 1 N–H and O–H groups in total. The zero-order valence-corrected chi connectivity index (χ0v) is 13.9. The van der Waals surface area contributed by atoms with Crippen LogP contribution in [-0.4, -0.2) is 27.8 Å². The van der Waals surface area contributed by atoms with Crippen molar-refractivity contribution in [3.05, 3.63) is 59.4 Å². The van der Waals surface area contributed by atoms with E-state index in [0.717, 1.165) is 17.0 Å². The molecule has 0 aliphatic carbocycles. The maximum Gasteiger partial charge on any atom is 0.219 e. The van der Waals surface area contributed by atoms with Crippen LogP contribution in [0.5, 0.6) is 5.75 Å². The number of aromatic nitrogens is 3. The normalized spacial score (nSPS) is 10.5. The van der Waals surface area contributed by atoms with Gasteiger partial charge in [-0.1, -0.05) is 11.6 Å². The fourth-order valence-corrected chi connectivity index (χ4v) is 2.32. The molecule has 0 unspecified atom stereocenters. The molecule has 0 atom stereocenters. The van der Waals surface area contributed by atoms with E-state index in [4.69, 9.17) is 16.3 Å². The van der Waals surface area contributed by atoms with Crippen molar-refractivity contribution in [3.8, 4) is 17.1 Å². The third-order valence-electron chi connectivity index (χ3n) is 3.41. The molecule has 0 aliphatic heterocycles. The van der Waals surface area contributed by atoms with Crippen LogP contribution in [0.2, 0.25) is 5.02 Å². The lowest BCUT2D eigenvalue weighted by Gasteiger charge is -2.12. The molecule has 1 aromatic heterocycles. The van der Waals surface area contributed by atoms with Crippen LogP contribution in [0.1, 0.15) is 17.5 Å².